The van der Waals surface area contributed by atoms with E-state index < -0.39 is 0 Å². The number of aromatic nitrogens is 2. The average molecular weight is 356 g/mol. The van der Waals surface area contributed by atoms with Crippen molar-refractivity contribution in [3.8, 4) is 0 Å². The summed E-state index contributed by atoms with van der Waals surface area (Å²) in [7, 11) is 1.64. The lowest BCUT2D eigenvalue weighted by atomic mass is 9.96. The van der Waals surface area contributed by atoms with Crippen LogP contribution in [0, 0.1) is 5.92 Å². The van der Waals surface area contributed by atoms with E-state index in [0.29, 0.717) is 37.6 Å². The molecule has 1 aromatic heterocycles. The smallest absolute Gasteiger partial charge is 0.253 e. The summed E-state index contributed by atoms with van der Waals surface area (Å²) in [5.74, 6) is 0.192. The van der Waals surface area contributed by atoms with Gasteiger partial charge in [-0.05, 0) is 25.0 Å². The van der Waals surface area contributed by atoms with Gasteiger partial charge in [-0.1, -0.05) is 18.2 Å². The molecular weight excluding hydrogens is 332 g/mol. The molecule has 1 aromatic carbocycles. The molecule has 0 spiro atoms. The molecule has 3 rings (SSSR count). The van der Waals surface area contributed by atoms with E-state index in [1.165, 1.54) is 0 Å². The molecule has 1 saturated heterocycles. The number of benzene rings is 1. The number of hydrogen-bond donors (Lipinski definition) is 1. The third-order valence-corrected chi connectivity index (χ3v) is 4.52. The fourth-order valence-corrected chi connectivity index (χ4v) is 3.10. The van der Waals surface area contributed by atoms with Crippen LogP contribution < -0.4 is 5.32 Å². The van der Waals surface area contributed by atoms with Gasteiger partial charge in [0.1, 0.15) is 0 Å². The lowest BCUT2D eigenvalue weighted by Gasteiger charge is -2.32. The lowest BCUT2D eigenvalue weighted by molar-refractivity contribution is -0.121. The minimum absolute atomic E-state index is 0.0213. The van der Waals surface area contributed by atoms with Gasteiger partial charge < -0.3 is 15.0 Å². The zero-order valence-electron chi connectivity index (χ0n) is 14.9. The molecule has 1 N–H and O–H groups in total. The number of hydrogen-bond acceptors (Lipinski definition) is 4. The molecule has 2 heterocycles. The van der Waals surface area contributed by atoms with E-state index in [-0.39, 0.29) is 17.7 Å². The summed E-state index contributed by atoms with van der Waals surface area (Å²) in [6.07, 6.45) is 3.40. The van der Waals surface area contributed by atoms with Crippen LogP contribution >= 0.6 is 0 Å². The number of carbonyl (C=O) groups excluding carboxylic acids is 2. The van der Waals surface area contributed by atoms with Crippen LogP contribution in [0.5, 0.6) is 0 Å². The van der Waals surface area contributed by atoms with E-state index in [2.05, 4.69) is 10.4 Å². The fraction of sp³-hybridized carbons (Fsp3) is 0.421. The number of nitrogens with zero attached hydrogens (tertiary/aromatic N) is 3. The Morgan fingerprint density at radius 1 is 1.27 bits per heavy atom. The number of ether oxygens (including phenoxy) is 1. The third-order valence-electron chi connectivity index (χ3n) is 4.52. The van der Waals surface area contributed by atoms with Gasteiger partial charge in [0.05, 0.1) is 19.1 Å². The number of methoxy groups -OCH3 is 1. The summed E-state index contributed by atoms with van der Waals surface area (Å²) in [6, 6.07) is 11.0. The molecule has 2 amide bonds. The quantitative estimate of drug-likeness (QED) is 0.859. The highest BCUT2D eigenvalue weighted by Gasteiger charge is 2.29. The summed E-state index contributed by atoms with van der Waals surface area (Å²) in [4.78, 5) is 26.9. The van der Waals surface area contributed by atoms with Crippen molar-refractivity contribution in [2.45, 2.75) is 19.4 Å². The maximum Gasteiger partial charge on any atom is 0.253 e. The van der Waals surface area contributed by atoms with Gasteiger partial charge in [-0.15, -0.1) is 0 Å². The fourth-order valence-electron chi connectivity index (χ4n) is 3.10. The highest BCUT2D eigenvalue weighted by molar-refractivity contribution is 5.96. The zero-order chi connectivity index (χ0) is 18.4. The molecule has 0 bridgehead atoms. The van der Waals surface area contributed by atoms with Crippen LogP contribution in [0.25, 0.3) is 0 Å². The molecule has 7 nitrogen and oxygen atoms in total. The molecule has 1 fully saturated rings. The standard InChI is InChI=1S/C19H24N4O3/c1-26-13-12-23-11-9-17(21-23)20-18(24)16-8-5-10-22(14-16)19(25)15-6-3-2-4-7-15/h2-4,6-7,9,11,16H,5,8,10,12-14H2,1H3,(H,20,21,24). The molecule has 2 aromatic rings. The van der Waals surface area contributed by atoms with Gasteiger partial charge in [0.2, 0.25) is 5.91 Å². The van der Waals surface area contributed by atoms with Crippen LogP contribution in [-0.4, -0.2) is 53.3 Å². The van der Waals surface area contributed by atoms with Crippen molar-refractivity contribution in [3.05, 3.63) is 48.2 Å². The maximum absolute atomic E-state index is 12.6. The number of rotatable bonds is 6. The normalized spacial score (nSPS) is 17.1. The predicted molar refractivity (Wildman–Crippen MR) is 97.8 cm³/mol. The number of likely N-dealkylation sites (tertiary alicyclic amines) is 1. The summed E-state index contributed by atoms with van der Waals surface area (Å²) in [5, 5.41) is 7.17. The van der Waals surface area contributed by atoms with Crippen LogP contribution in [0.4, 0.5) is 5.82 Å². The highest BCUT2D eigenvalue weighted by Crippen LogP contribution is 2.20. The van der Waals surface area contributed by atoms with E-state index in [1.54, 1.807) is 41.1 Å². The van der Waals surface area contributed by atoms with Gasteiger partial charge in [-0.25, -0.2) is 0 Å². The molecule has 0 saturated carbocycles. The van der Waals surface area contributed by atoms with Gasteiger partial charge in [0.15, 0.2) is 5.82 Å². The molecule has 1 unspecified atom stereocenters. The van der Waals surface area contributed by atoms with Gasteiger partial charge in [-0.3, -0.25) is 14.3 Å². The second-order valence-electron chi connectivity index (χ2n) is 6.40. The topological polar surface area (TPSA) is 76.5 Å². The van der Waals surface area contributed by atoms with Crippen LogP contribution in [0.2, 0.25) is 0 Å². The van der Waals surface area contributed by atoms with Gasteiger partial charge >= 0.3 is 0 Å². The minimum Gasteiger partial charge on any atom is -0.383 e. The largest absolute Gasteiger partial charge is 0.383 e. The van der Waals surface area contributed by atoms with Crippen LogP contribution in [0.1, 0.15) is 23.2 Å². The summed E-state index contributed by atoms with van der Waals surface area (Å²) in [6.45, 7) is 2.32. The molecule has 138 valence electrons. The second-order valence-corrected chi connectivity index (χ2v) is 6.40. The van der Waals surface area contributed by atoms with Crippen LogP contribution in [0.15, 0.2) is 42.6 Å². The number of piperidine rings is 1. The number of amides is 2. The first-order valence-electron chi connectivity index (χ1n) is 8.85. The molecule has 0 radical (unpaired) electrons. The monoisotopic (exact) mass is 356 g/mol. The van der Waals surface area contributed by atoms with Crippen LogP contribution in [0.3, 0.4) is 0 Å². The van der Waals surface area contributed by atoms with E-state index in [9.17, 15) is 9.59 Å². The van der Waals surface area contributed by atoms with Crippen molar-refractivity contribution in [1.82, 2.24) is 14.7 Å². The maximum atomic E-state index is 12.6. The van der Waals surface area contributed by atoms with Gasteiger partial charge in [-0.2, -0.15) is 5.10 Å². The summed E-state index contributed by atoms with van der Waals surface area (Å²) >= 11 is 0. The molecule has 1 atom stereocenters. The first kappa shape index (κ1) is 18.1. The molecule has 0 aliphatic carbocycles. The van der Waals surface area contributed by atoms with Crippen molar-refractivity contribution in [2.24, 2.45) is 5.92 Å². The van der Waals surface area contributed by atoms with Gasteiger partial charge in [0, 0.05) is 38.0 Å². The van der Waals surface area contributed by atoms with Crippen LogP contribution in [-0.2, 0) is 16.1 Å². The Labute approximate surface area is 152 Å². The Bertz CT molecular complexity index is 744. The lowest BCUT2D eigenvalue weighted by Crippen LogP contribution is -2.43. The van der Waals surface area contributed by atoms with Crippen molar-refractivity contribution in [3.63, 3.8) is 0 Å². The number of nitrogens with one attached hydrogen (secondary N) is 1. The summed E-state index contributed by atoms with van der Waals surface area (Å²) < 4.78 is 6.74. The van der Waals surface area contributed by atoms with E-state index in [1.807, 2.05) is 18.2 Å². The van der Waals surface area contributed by atoms with Crippen molar-refractivity contribution < 1.29 is 14.3 Å². The predicted octanol–water partition coefficient (Wildman–Crippen LogP) is 2.02. The minimum atomic E-state index is -0.222. The molecule has 1 aliphatic heterocycles. The Morgan fingerprint density at radius 3 is 2.85 bits per heavy atom. The first-order valence-corrected chi connectivity index (χ1v) is 8.85. The Balaban J connectivity index is 1.57. The third kappa shape index (κ3) is 4.49. The number of anilines is 1. The van der Waals surface area contributed by atoms with Crippen molar-refractivity contribution in [2.75, 3.05) is 32.1 Å². The average Bonchev–Trinajstić information content (AvgIpc) is 3.13. The second kappa shape index (κ2) is 8.62. The van der Waals surface area contributed by atoms with Gasteiger partial charge in [0.25, 0.3) is 5.91 Å². The van der Waals surface area contributed by atoms with E-state index in [4.69, 9.17) is 4.74 Å². The Kier molecular flexibility index (Phi) is 6.01. The highest BCUT2D eigenvalue weighted by atomic mass is 16.5. The first-order chi connectivity index (χ1) is 12.7. The Morgan fingerprint density at radius 2 is 2.08 bits per heavy atom. The zero-order valence-corrected chi connectivity index (χ0v) is 14.9. The number of carbonyl (C=O) groups is 2. The molecule has 26 heavy (non-hydrogen) atoms. The van der Waals surface area contributed by atoms with E-state index >= 15 is 0 Å². The van der Waals surface area contributed by atoms with E-state index in [0.717, 1.165) is 12.8 Å². The SMILES string of the molecule is COCCn1ccc(NC(=O)C2CCCN(C(=O)c3ccccc3)C2)n1. The van der Waals surface area contributed by atoms with Crippen molar-refractivity contribution >= 4 is 17.6 Å². The molecular formula is C19H24N4O3. The molecule has 1 aliphatic rings. The van der Waals surface area contributed by atoms with Crippen molar-refractivity contribution in [1.29, 1.82) is 0 Å². The molecule has 7 heteroatoms. The Hall–Kier alpha value is -2.67. The summed E-state index contributed by atoms with van der Waals surface area (Å²) in [5.41, 5.74) is 0.658.